The van der Waals surface area contributed by atoms with Gasteiger partial charge in [0.25, 0.3) is 0 Å². The fraction of sp³-hybridized carbons (Fsp3) is 0.484. The molecule has 0 radical (unpaired) electrons. The minimum atomic E-state index is -1.02. The lowest BCUT2D eigenvalue weighted by Crippen LogP contribution is -2.55. The Labute approximate surface area is 237 Å². The molecule has 0 aliphatic carbocycles. The zero-order chi connectivity index (χ0) is 29.5. The zero-order valence-electron chi connectivity index (χ0n) is 23.9. The summed E-state index contributed by atoms with van der Waals surface area (Å²) in [6.07, 6.45) is 0.547. The van der Waals surface area contributed by atoms with Gasteiger partial charge < -0.3 is 25.8 Å². The molecule has 2 rings (SSSR count). The fourth-order valence-corrected chi connectivity index (χ4v) is 4.51. The van der Waals surface area contributed by atoms with Gasteiger partial charge >= 0.3 is 5.97 Å². The number of amides is 3. The Morgan fingerprint density at radius 3 is 1.95 bits per heavy atom. The van der Waals surface area contributed by atoms with E-state index in [1.54, 1.807) is 0 Å². The van der Waals surface area contributed by atoms with Crippen molar-refractivity contribution in [2.24, 2.45) is 5.92 Å². The number of benzene rings is 2. The second-order valence-corrected chi connectivity index (χ2v) is 10.2. The number of carbonyl (C=O) groups is 4. The number of ether oxygens (including phenoxy) is 1. The second kappa shape index (κ2) is 17.1. The monoisotopic (exact) mass is 553 g/mol. The van der Waals surface area contributed by atoms with Crippen LogP contribution in [-0.4, -0.2) is 60.1 Å². The SMILES string of the molecule is CC[C@@H](C)[C@H](NC(C)=O)C(=O)N[C@@H](Cc1ccccc1)[C@@H](O)C[C@H](Cc1ccccc1)NC(=O)CCC(=O)OC. The molecule has 218 valence electrons. The number of hydrogen-bond acceptors (Lipinski definition) is 6. The summed E-state index contributed by atoms with van der Waals surface area (Å²) in [7, 11) is 1.27. The van der Waals surface area contributed by atoms with Crippen molar-refractivity contribution in [2.45, 2.75) is 83.5 Å². The summed E-state index contributed by atoms with van der Waals surface area (Å²) in [4.78, 5) is 49.4. The molecule has 0 aromatic heterocycles. The summed E-state index contributed by atoms with van der Waals surface area (Å²) in [5, 5.41) is 20.1. The first kappa shape index (κ1) is 32.5. The molecule has 0 fully saturated rings. The number of methoxy groups -OCH3 is 1. The molecule has 9 nitrogen and oxygen atoms in total. The number of esters is 1. The summed E-state index contributed by atoms with van der Waals surface area (Å²) in [5.41, 5.74) is 1.90. The van der Waals surface area contributed by atoms with Crippen molar-refractivity contribution >= 4 is 23.7 Å². The molecule has 3 amide bonds. The Kier molecular flexibility index (Phi) is 13.9. The van der Waals surface area contributed by atoms with E-state index in [2.05, 4.69) is 20.7 Å². The van der Waals surface area contributed by atoms with Crippen LogP contribution in [0.4, 0.5) is 0 Å². The summed E-state index contributed by atoms with van der Waals surface area (Å²) in [5.74, 6) is -1.59. The molecule has 40 heavy (non-hydrogen) atoms. The normalized spacial score (nSPS) is 14.6. The van der Waals surface area contributed by atoms with E-state index in [1.165, 1.54) is 14.0 Å². The fourth-order valence-electron chi connectivity index (χ4n) is 4.51. The Balaban J connectivity index is 2.26. The lowest BCUT2D eigenvalue weighted by Gasteiger charge is -2.31. The topological polar surface area (TPSA) is 134 Å². The largest absolute Gasteiger partial charge is 0.469 e. The summed E-state index contributed by atoms with van der Waals surface area (Å²) in [6.45, 7) is 5.21. The van der Waals surface area contributed by atoms with Crippen molar-refractivity contribution in [1.29, 1.82) is 0 Å². The van der Waals surface area contributed by atoms with Crippen molar-refractivity contribution in [1.82, 2.24) is 16.0 Å². The van der Waals surface area contributed by atoms with Crippen molar-refractivity contribution < 1.29 is 29.0 Å². The summed E-state index contributed by atoms with van der Waals surface area (Å²) in [6, 6.07) is 17.2. The van der Waals surface area contributed by atoms with Gasteiger partial charge in [-0.2, -0.15) is 0 Å². The number of nitrogens with one attached hydrogen (secondary N) is 3. The van der Waals surface area contributed by atoms with Gasteiger partial charge in [-0.15, -0.1) is 0 Å². The minimum Gasteiger partial charge on any atom is -0.469 e. The quantitative estimate of drug-likeness (QED) is 0.236. The molecule has 0 bridgehead atoms. The molecule has 0 saturated carbocycles. The van der Waals surface area contributed by atoms with Crippen LogP contribution in [0.25, 0.3) is 0 Å². The average Bonchev–Trinajstić information content (AvgIpc) is 2.94. The first-order chi connectivity index (χ1) is 19.1. The highest BCUT2D eigenvalue weighted by atomic mass is 16.5. The average molecular weight is 554 g/mol. The van der Waals surface area contributed by atoms with E-state index in [-0.39, 0.29) is 42.9 Å². The molecule has 0 spiro atoms. The maximum Gasteiger partial charge on any atom is 0.306 e. The van der Waals surface area contributed by atoms with E-state index in [0.29, 0.717) is 19.3 Å². The Bertz CT molecular complexity index is 1080. The van der Waals surface area contributed by atoms with E-state index in [9.17, 15) is 24.3 Å². The van der Waals surface area contributed by atoms with Crippen LogP contribution in [0.2, 0.25) is 0 Å². The highest BCUT2D eigenvalue weighted by Crippen LogP contribution is 2.16. The molecular weight excluding hydrogens is 510 g/mol. The smallest absolute Gasteiger partial charge is 0.306 e. The van der Waals surface area contributed by atoms with Crippen LogP contribution < -0.4 is 16.0 Å². The molecule has 0 aliphatic rings. The summed E-state index contributed by atoms with van der Waals surface area (Å²) < 4.78 is 4.63. The van der Waals surface area contributed by atoms with Crippen LogP contribution in [-0.2, 0) is 36.8 Å². The van der Waals surface area contributed by atoms with Gasteiger partial charge in [-0.3, -0.25) is 19.2 Å². The Morgan fingerprint density at radius 2 is 1.43 bits per heavy atom. The van der Waals surface area contributed by atoms with Crippen molar-refractivity contribution in [2.75, 3.05) is 7.11 Å². The molecular formula is C31H43N3O6. The lowest BCUT2D eigenvalue weighted by molar-refractivity contribution is -0.142. The van der Waals surface area contributed by atoms with Crippen molar-refractivity contribution in [3.8, 4) is 0 Å². The van der Waals surface area contributed by atoms with Gasteiger partial charge in [0, 0.05) is 19.4 Å². The molecule has 9 heteroatoms. The van der Waals surface area contributed by atoms with Crippen LogP contribution in [0.3, 0.4) is 0 Å². The third kappa shape index (κ3) is 11.6. The number of carbonyl (C=O) groups excluding carboxylic acids is 4. The van der Waals surface area contributed by atoms with Gasteiger partial charge in [0.2, 0.25) is 17.7 Å². The van der Waals surface area contributed by atoms with Gasteiger partial charge in [0.1, 0.15) is 6.04 Å². The van der Waals surface area contributed by atoms with Crippen LogP contribution in [0.1, 0.15) is 57.6 Å². The van der Waals surface area contributed by atoms with Gasteiger partial charge in [0.05, 0.1) is 25.7 Å². The summed E-state index contributed by atoms with van der Waals surface area (Å²) >= 11 is 0. The highest BCUT2D eigenvalue weighted by molar-refractivity contribution is 5.87. The molecule has 5 atom stereocenters. The number of hydrogen-bond donors (Lipinski definition) is 4. The molecule has 0 saturated heterocycles. The second-order valence-electron chi connectivity index (χ2n) is 10.2. The first-order valence-electron chi connectivity index (χ1n) is 13.8. The predicted octanol–water partition coefficient (Wildman–Crippen LogP) is 2.70. The highest BCUT2D eigenvalue weighted by Gasteiger charge is 2.31. The van der Waals surface area contributed by atoms with Gasteiger partial charge in [0.15, 0.2) is 0 Å². The molecule has 0 aliphatic heterocycles. The van der Waals surface area contributed by atoms with E-state index in [1.807, 2.05) is 74.5 Å². The van der Waals surface area contributed by atoms with Crippen LogP contribution in [0, 0.1) is 5.92 Å². The molecule has 4 N–H and O–H groups in total. The maximum absolute atomic E-state index is 13.4. The van der Waals surface area contributed by atoms with E-state index in [4.69, 9.17) is 0 Å². The zero-order valence-corrected chi connectivity index (χ0v) is 23.9. The first-order valence-corrected chi connectivity index (χ1v) is 13.8. The lowest BCUT2D eigenvalue weighted by atomic mass is 9.92. The van der Waals surface area contributed by atoms with Gasteiger partial charge in [-0.1, -0.05) is 80.9 Å². The van der Waals surface area contributed by atoms with Gasteiger partial charge in [-0.25, -0.2) is 0 Å². The Hall–Kier alpha value is -3.72. The standard InChI is InChI=1S/C31H43N3O6/c1-5-21(2)30(32-22(3)35)31(39)34-26(19-24-14-10-7-11-15-24)27(36)20-25(18-23-12-8-6-9-13-23)33-28(37)16-17-29(38)40-4/h6-15,21,25-27,30,36H,5,16-20H2,1-4H3,(H,32,35)(H,33,37)(H,34,39)/t21-,25+,26+,27+,30+/m1/s1. The predicted molar refractivity (Wildman–Crippen MR) is 153 cm³/mol. The van der Waals surface area contributed by atoms with E-state index < -0.39 is 30.2 Å². The maximum atomic E-state index is 13.4. The third-order valence-corrected chi connectivity index (χ3v) is 6.94. The Morgan fingerprint density at radius 1 is 0.850 bits per heavy atom. The number of aliphatic hydroxyl groups is 1. The molecule has 2 aromatic rings. The van der Waals surface area contributed by atoms with Crippen LogP contribution in [0.15, 0.2) is 60.7 Å². The van der Waals surface area contributed by atoms with Crippen molar-refractivity contribution in [3.63, 3.8) is 0 Å². The van der Waals surface area contributed by atoms with Crippen molar-refractivity contribution in [3.05, 3.63) is 71.8 Å². The van der Waals surface area contributed by atoms with Crippen LogP contribution in [0.5, 0.6) is 0 Å². The van der Waals surface area contributed by atoms with Crippen LogP contribution >= 0.6 is 0 Å². The van der Waals surface area contributed by atoms with Gasteiger partial charge in [-0.05, 0) is 36.3 Å². The number of rotatable bonds is 16. The van der Waals surface area contributed by atoms with E-state index in [0.717, 1.165) is 11.1 Å². The minimum absolute atomic E-state index is 0.0362. The molecule has 0 unspecified atom stereocenters. The number of aliphatic hydroxyl groups excluding tert-OH is 1. The third-order valence-electron chi connectivity index (χ3n) is 6.94. The van der Waals surface area contributed by atoms with E-state index >= 15 is 0 Å². The molecule has 2 aromatic carbocycles. The molecule has 0 heterocycles.